The van der Waals surface area contributed by atoms with Crippen molar-refractivity contribution in [2.75, 3.05) is 26.1 Å². The lowest BCUT2D eigenvalue weighted by Crippen LogP contribution is -2.50. The zero-order chi connectivity index (χ0) is 25.7. The number of nitrogens with zero attached hydrogens (tertiary/aromatic N) is 2. The number of carbonyl (C=O) groups is 2. The van der Waals surface area contributed by atoms with E-state index in [-0.39, 0.29) is 11.5 Å². The zero-order valence-electron chi connectivity index (χ0n) is 19.8. The summed E-state index contributed by atoms with van der Waals surface area (Å²) in [4.78, 5) is 32.5. The van der Waals surface area contributed by atoms with Crippen molar-refractivity contribution < 1.29 is 23.5 Å². The molecule has 0 spiro atoms. The van der Waals surface area contributed by atoms with Crippen molar-refractivity contribution in [2.24, 2.45) is 0 Å². The number of halogens is 1. The SMILES string of the molecule is COc1ccc(CCN2C(=S)NC(=O)C2(CC(=O)Nc2ccc(OC)cn2)c2ccc(F)cc2)cc1. The molecule has 2 amide bonds. The lowest BCUT2D eigenvalue weighted by molar-refractivity contribution is -0.131. The Morgan fingerprint density at radius 3 is 2.33 bits per heavy atom. The number of thiocarbonyl (C=S) groups is 1. The maximum Gasteiger partial charge on any atom is 0.257 e. The first-order chi connectivity index (χ1) is 17.3. The van der Waals surface area contributed by atoms with E-state index in [9.17, 15) is 14.0 Å². The Morgan fingerprint density at radius 1 is 1.06 bits per heavy atom. The number of pyridine rings is 1. The van der Waals surface area contributed by atoms with E-state index in [1.807, 2.05) is 24.3 Å². The van der Waals surface area contributed by atoms with E-state index in [1.54, 1.807) is 24.1 Å². The monoisotopic (exact) mass is 508 g/mol. The minimum atomic E-state index is -1.46. The number of amides is 2. The van der Waals surface area contributed by atoms with Gasteiger partial charge in [0.2, 0.25) is 5.91 Å². The first-order valence-corrected chi connectivity index (χ1v) is 11.6. The van der Waals surface area contributed by atoms with E-state index in [2.05, 4.69) is 15.6 Å². The first-order valence-electron chi connectivity index (χ1n) is 11.2. The van der Waals surface area contributed by atoms with Crippen LogP contribution in [0.25, 0.3) is 0 Å². The van der Waals surface area contributed by atoms with E-state index in [1.165, 1.54) is 37.6 Å². The number of ether oxygens (including phenoxy) is 2. The molecule has 1 unspecified atom stereocenters. The Morgan fingerprint density at radius 2 is 1.72 bits per heavy atom. The molecular formula is C26H25FN4O4S. The van der Waals surface area contributed by atoms with Crippen LogP contribution in [0.4, 0.5) is 10.2 Å². The van der Waals surface area contributed by atoms with Crippen molar-refractivity contribution in [3.05, 3.63) is 83.8 Å². The number of aromatic nitrogens is 1. The van der Waals surface area contributed by atoms with Gasteiger partial charge in [0.05, 0.1) is 26.8 Å². The van der Waals surface area contributed by atoms with Crippen molar-refractivity contribution in [3.63, 3.8) is 0 Å². The average molecular weight is 509 g/mol. The fourth-order valence-corrected chi connectivity index (χ4v) is 4.51. The van der Waals surface area contributed by atoms with Gasteiger partial charge in [0.25, 0.3) is 5.91 Å². The predicted molar refractivity (Wildman–Crippen MR) is 136 cm³/mol. The van der Waals surface area contributed by atoms with Crippen LogP contribution in [-0.2, 0) is 21.5 Å². The molecule has 2 aromatic carbocycles. The Kier molecular flexibility index (Phi) is 7.44. The maximum absolute atomic E-state index is 13.8. The van der Waals surface area contributed by atoms with Crippen LogP contribution in [0.1, 0.15) is 17.5 Å². The summed E-state index contributed by atoms with van der Waals surface area (Å²) >= 11 is 5.50. The molecule has 0 radical (unpaired) electrons. The van der Waals surface area contributed by atoms with Crippen LogP contribution in [0, 0.1) is 5.82 Å². The third-order valence-corrected chi connectivity index (χ3v) is 6.39. The van der Waals surface area contributed by atoms with Gasteiger partial charge in [0.15, 0.2) is 10.7 Å². The molecule has 2 heterocycles. The van der Waals surface area contributed by atoms with E-state index in [4.69, 9.17) is 21.7 Å². The molecule has 3 aromatic rings. The standard InChI is InChI=1S/C26H25FN4O4S/c1-34-20-9-3-17(4-10-20)13-14-31-25(36)30-24(33)26(31,18-5-7-19(27)8-6-18)15-23(32)29-22-12-11-21(35-2)16-28-22/h3-12,16H,13-15H2,1-2H3,(H,28,29,32)(H,30,33,36). The molecule has 186 valence electrons. The minimum absolute atomic E-state index is 0.202. The molecule has 0 aliphatic carbocycles. The molecule has 2 N–H and O–H groups in total. The summed E-state index contributed by atoms with van der Waals surface area (Å²) in [6.07, 6.45) is 1.76. The second-order valence-electron chi connectivity index (χ2n) is 8.18. The van der Waals surface area contributed by atoms with Gasteiger partial charge < -0.3 is 25.0 Å². The molecule has 8 nitrogen and oxygen atoms in total. The molecule has 0 bridgehead atoms. The molecule has 36 heavy (non-hydrogen) atoms. The Bertz CT molecular complexity index is 1250. The van der Waals surface area contributed by atoms with E-state index >= 15 is 0 Å². The summed E-state index contributed by atoms with van der Waals surface area (Å²) in [6.45, 7) is 0.343. The molecule has 4 rings (SSSR count). The highest BCUT2D eigenvalue weighted by molar-refractivity contribution is 7.80. The number of hydrogen-bond donors (Lipinski definition) is 2. The van der Waals surface area contributed by atoms with Crippen LogP contribution in [0.15, 0.2) is 66.9 Å². The van der Waals surface area contributed by atoms with Crippen LogP contribution in [-0.4, -0.2) is 47.6 Å². The molecule has 1 aliphatic rings. The number of nitrogens with one attached hydrogen (secondary N) is 2. The Labute approximate surface area is 213 Å². The maximum atomic E-state index is 13.8. The topological polar surface area (TPSA) is 92.8 Å². The number of anilines is 1. The third-order valence-electron chi connectivity index (χ3n) is 6.06. The number of carbonyl (C=O) groups excluding carboxylic acids is 2. The van der Waals surface area contributed by atoms with Crippen LogP contribution < -0.4 is 20.1 Å². The van der Waals surface area contributed by atoms with Crippen molar-refractivity contribution >= 4 is 35.0 Å². The van der Waals surface area contributed by atoms with Crippen LogP contribution in [0.3, 0.4) is 0 Å². The van der Waals surface area contributed by atoms with Crippen molar-refractivity contribution in [1.29, 1.82) is 0 Å². The highest BCUT2D eigenvalue weighted by atomic mass is 32.1. The van der Waals surface area contributed by atoms with Gasteiger partial charge in [-0.25, -0.2) is 9.37 Å². The van der Waals surface area contributed by atoms with Crippen LogP contribution in [0.5, 0.6) is 11.5 Å². The summed E-state index contributed by atoms with van der Waals surface area (Å²) in [6, 6.07) is 16.3. The lowest BCUT2D eigenvalue weighted by atomic mass is 9.84. The molecule has 1 aromatic heterocycles. The zero-order valence-corrected chi connectivity index (χ0v) is 20.6. The quantitative estimate of drug-likeness (QED) is 0.428. The van der Waals surface area contributed by atoms with Gasteiger partial charge in [-0.1, -0.05) is 24.3 Å². The van der Waals surface area contributed by atoms with Crippen molar-refractivity contribution in [3.8, 4) is 11.5 Å². The summed E-state index contributed by atoms with van der Waals surface area (Å²) in [5, 5.41) is 5.63. The smallest absolute Gasteiger partial charge is 0.257 e. The largest absolute Gasteiger partial charge is 0.497 e. The van der Waals surface area contributed by atoms with Crippen molar-refractivity contribution in [1.82, 2.24) is 15.2 Å². The van der Waals surface area contributed by atoms with Gasteiger partial charge in [-0.05, 0) is 66.2 Å². The molecule has 1 fully saturated rings. The van der Waals surface area contributed by atoms with Gasteiger partial charge >= 0.3 is 0 Å². The third kappa shape index (κ3) is 5.13. The van der Waals surface area contributed by atoms with Crippen molar-refractivity contribution in [2.45, 2.75) is 18.4 Å². The highest BCUT2D eigenvalue weighted by Crippen LogP contribution is 2.37. The Balaban J connectivity index is 1.64. The number of rotatable bonds is 9. The lowest BCUT2D eigenvalue weighted by Gasteiger charge is -2.36. The fraction of sp³-hybridized carbons (Fsp3) is 0.231. The summed E-state index contributed by atoms with van der Waals surface area (Å²) < 4.78 is 24.1. The normalized spacial score (nSPS) is 17.0. The van der Waals surface area contributed by atoms with Crippen LogP contribution >= 0.6 is 12.2 Å². The number of methoxy groups -OCH3 is 2. The number of hydrogen-bond acceptors (Lipinski definition) is 6. The van der Waals surface area contributed by atoms with Gasteiger partial charge in [-0.3, -0.25) is 9.59 Å². The van der Waals surface area contributed by atoms with E-state index in [0.29, 0.717) is 30.1 Å². The summed E-state index contributed by atoms with van der Waals surface area (Å²) in [5.74, 6) is 0.225. The minimum Gasteiger partial charge on any atom is -0.497 e. The number of benzene rings is 2. The summed E-state index contributed by atoms with van der Waals surface area (Å²) in [7, 11) is 3.11. The van der Waals surface area contributed by atoms with Gasteiger partial charge in [-0.2, -0.15) is 0 Å². The van der Waals surface area contributed by atoms with Gasteiger partial charge in [-0.15, -0.1) is 0 Å². The molecule has 1 saturated heterocycles. The second-order valence-corrected chi connectivity index (χ2v) is 8.57. The van der Waals surface area contributed by atoms with E-state index in [0.717, 1.165) is 11.3 Å². The molecule has 10 heteroatoms. The van der Waals surface area contributed by atoms with Gasteiger partial charge in [0.1, 0.15) is 23.1 Å². The summed E-state index contributed by atoms with van der Waals surface area (Å²) in [5.41, 5.74) is -0.0139. The average Bonchev–Trinajstić information content (AvgIpc) is 3.12. The molecular weight excluding hydrogens is 483 g/mol. The first kappa shape index (κ1) is 25.1. The molecule has 1 atom stereocenters. The highest BCUT2D eigenvalue weighted by Gasteiger charge is 2.53. The fourth-order valence-electron chi connectivity index (χ4n) is 4.17. The van der Waals surface area contributed by atoms with E-state index < -0.39 is 23.2 Å². The van der Waals surface area contributed by atoms with Gasteiger partial charge in [0, 0.05) is 6.54 Å². The molecule has 1 aliphatic heterocycles. The Hall–Kier alpha value is -4.05. The predicted octanol–water partition coefficient (Wildman–Crippen LogP) is 3.42. The molecule has 0 saturated carbocycles. The second kappa shape index (κ2) is 10.7. The van der Waals surface area contributed by atoms with Crippen LogP contribution in [0.2, 0.25) is 0 Å².